The van der Waals surface area contributed by atoms with Crippen LogP contribution in [0.1, 0.15) is 36.8 Å². The van der Waals surface area contributed by atoms with Gasteiger partial charge in [-0.15, -0.1) is 0 Å². The molecule has 0 bridgehead atoms. The van der Waals surface area contributed by atoms with Crippen LogP contribution in [0.4, 0.5) is 5.95 Å². The van der Waals surface area contributed by atoms with Crippen LogP contribution in [0, 0.1) is 12.8 Å². The van der Waals surface area contributed by atoms with E-state index in [2.05, 4.69) is 52.1 Å². The minimum Gasteiger partial charge on any atom is -0.341 e. The first-order chi connectivity index (χ1) is 10.3. The summed E-state index contributed by atoms with van der Waals surface area (Å²) >= 11 is 0. The Morgan fingerprint density at radius 3 is 2.52 bits per heavy atom. The van der Waals surface area contributed by atoms with E-state index in [9.17, 15) is 0 Å². The Labute approximate surface area is 127 Å². The van der Waals surface area contributed by atoms with Gasteiger partial charge in [0.15, 0.2) is 0 Å². The van der Waals surface area contributed by atoms with E-state index in [0.29, 0.717) is 11.8 Å². The molecular weight excluding hydrogens is 258 g/mol. The molecule has 3 nitrogen and oxygen atoms in total. The average Bonchev–Trinajstić information content (AvgIpc) is 2.56. The number of aromatic nitrogens is 2. The summed E-state index contributed by atoms with van der Waals surface area (Å²) in [5.74, 6) is 2.22. The molecule has 1 aliphatic rings. The first-order valence-electron chi connectivity index (χ1n) is 7.86. The maximum Gasteiger partial charge on any atom is 0.225 e. The van der Waals surface area contributed by atoms with Crippen LogP contribution in [0.15, 0.2) is 42.7 Å². The molecule has 0 amide bonds. The summed E-state index contributed by atoms with van der Waals surface area (Å²) in [5.41, 5.74) is 2.60. The maximum atomic E-state index is 4.48. The third kappa shape index (κ3) is 3.07. The van der Waals surface area contributed by atoms with E-state index in [1.54, 1.807) is 0 Å². The van der Waals surface area contributed by atoms with Crippen molar-refractivity contribution in [3.8, 4) is 0 Å². The SMILES string of the molecule is CCC1CN(c2ncc(C)cn2)CCC1c1ccccc1. The Kier molecular flexibility index (Phi) is 4.18. The van der Waals surface area contributed by atoms with Crippen LogP contribution in [-0.4, -0.2) is 23.1 Å². The molecular formula is C18H23N3. The summed E-state index contributed by atoms with van der Waals surface area (Å²) in [6.07, 6.45) is 6.20. The molecule has 3 heteroatoms. The lowest BCUT2D eigenvalue weighted by Crippen LogP contribution is -2.40. The highest BCUT2D eigenvalue weighted by atomic mass is 15.3. The molecule has 0 aliphatic carbocycles. The van der Waals surface area contributed by atoms with Gasteiger partial charge in [0.25, 0.3) is 0 Å². The van der Waals surface area contributed by atoms with Crippen molar-refractivity contribution in [3.05, 3.63) is 53.9 Å². The third-order valence-electron chi connectivity index (χ3n) is 4.54. The molecule has 0 spiro atoms. The minimum absolute atomic E-state index is 0.665. The zero-order valence-electron chi connectivity index (χ0n) is 12.9. The number of aryl methyl sites for hydroxylation is 1. The summed E-state index contributed by atoms with van der Waals surface area (Å²) in [7, 11) is 0. The second-order valence-electron chi connectivity index (χ2n) is 5.98. The van der Waals surface area contributed by atoms with Crippen LogP contribution in [0.3, 0.4) is 0 Å². The highest BCUT2D eigenvalue weighted by Crippen LogP contribution is 2.35. The van der Waals surface area contributed by atoms with Crippen molar-refractivity contribution in [2.75, 3.05) is 18.0 Å². The summed E-state index contributed by atoms with van der Waals surface area (Å²) in [6, 6.07) is 10.9. The van der Waals surface area contributed by atoms with E-state index in [1.807, 2.05) is 19.3 Å². The van der Waals surface area contributed by atoms with E-state index in [4.69, 9.17) is 0 Å². The summed E-state index contributed by atoms with van der Waals surface area (Å²) in [4.78, 5) is 11.3. The molecule has 2 heterocycles. The lowest BCUT2D eigenvalue weighted by molar-refractivity contribution is 0.345. The predicted molar refractivity (Wildman–Crippen MR) is 86.6 cm³/mol. The van der Waals surface area contributed by atoms with Crippen molar-refractivity contribution in [2.45, 2.75) is 32.6 Å². The molecule has 1 aromatic carbocycles. The number of benzene rings is 1. The number of anilines is 1. The number of piperidine rings is 1. The third-order valence-corrected chi connectivity index (χ3v) is 4.54. The Morgan fingerprint density at radius 2 is 1.86 bits per heavy atom. The summed E-state index contributed by atoms with van der Waals surface area (Å²) < 4.78 is 0. The number of hydrogen-bond acceptors (Lipinski definition) is 3. The molecule has 0 N–H and O–H groups in total. The van der Waals surface area contributed by atoms with Gasteiger partial charge < -0.3 is 4.90 Å². The summed E-state index contributed by atoms with van der Waals surface area (Å²) in [5, 5.41) is 0. The van der Waals surface area contributed by atoms with E-state index in [1.165, 1.54) is 18.4 Å². The van der Waals surface area contributed by atoms with Crippen LogP contribution in [0.25, 0.3) is 0 Å². The Hall–Kier alpha value is -1.90. The molecule has 1 fully saturated rings. The Balaban J connectivity index is 1.76. The van der Waals surface area contributed by atoms with Crippen molar-refractivity contribution < 1.29 is 0 Å². The van der Waals surface area contributed by atoms with Crippen LogP contribution in [-0.2, 0) is 0 Å². The van der Waals surface area contributed by atoms with Gasteiger partial charge in [-0.2, -0.15) is 0 Å². The van der Waals surface area contributed by atoms with Crippen molar-refractivity contribution in [1.82, 2.24) is 9.97 Å². The molecule has 2 unspecified atom stereocenters. The first-order valence-corrected chi connectivity index (χ1v) is 7.86. The second kappa shape index (κ2) is 6.25. The molecule has 1 saturated heterocycles. The van der Waals surface area contributed by atoms with Gasteiger partial charge in [-0.25, -0.2) is 9.97 Å². The van der Waals surface area contributed by atoms with Gasteiger partial charge in [0, 0.05) is 25.5 Å². The molecule has 2 atom stereocenters. The largest absolute Gasteiger partial charge is 0.341 e. The van der Waals surface area contributed by atoms with Gasteiger partial charge in [-0.3, -0.25) is 0 Å². The number of nitrogens with zero attached hydrogens (tertiary/aromatic N) is 3. The first kappa shape index (κ1) is 14.1. The van der Waals surface area contributed by atoms with Crippen molar-refractivity contribution >= 4 is 5.95 Å². The molecule has 1 aliphatic heterocycles. The van der Waals surface area contributed by atoms with Crippen LogP contribution >= 0.6 is 0 Å². The summed E-state index contributed by atoms with van der Waals surface area (Å²) in [6.45, 7) is 6.42. The van der Waals surface area contributed by atoms with Gasteiger partial charge in [0.05, 0.1) is 0 Å². The fourth-order valence-electron chi connectivity index (χ4n) is 3.32. The van der Waals surface area contributed by atoms with Crippen molar-refractivity contribution in [1.29, 1.82) is 0 Å². The number of rotatable bonds is 3. The lowest BCUT2D eigenvalue weighted by Gasteiger charge is -2.38. The highest BCUT2D eigenvalue weighted by Gasteiger charge is 2.30. The topological polar surface area (TPSA) is 29.0 Å². The van der Waals surface area contributed by atoms with E-state index >= 15 is 0 Å². The van der Waals surface area contributed by atoms with Crippen LogP contribution in [0.5, 0.6) is 0 Å². The van der Waals surface area contributed by atoms with Crippen LogP contribution in [0.2, 0.25) is 0 Å². The molecule has 2 aromatic rings. The maximum absolute atomic E-state index is 4.48. The highest BCUT2D eigenvalue weighted by molar-refractivity contribution is 5.33. The molecule has 0 radical (unpaired) electrons. The smallest absolute Gasteiger partial charge is 0.225 e. The van der Waals surface area contributed by atoms with Crippen molar-refractivity contribution in [3.63, 3.8) is 0 Å². The van der Waals surface area contributed by atoms with Gasteiger partial charge in [-0.05, 0) is 36.3 Å². The quantitative estimate of drug-likeness (QED) is 0.856. The molecule has 110 valence electrons. The van der Waals surface area contributed by atoms with E-state index in [0.717, 1.165) is 24.6 Å². The lowest BCUT2D eigenvalue weighted by atomic mass is 9.79. The van der Waals surface area contributed by atoms with Gasteiger partial charge >= 0.3 is 0 Å². The normalized spacial score (nSPS) is 22.3. The van der Waals surface area contributed by atoms with Gasteiger partial charge in [-0.1, -0.05) is 43.7 Å². The molecule has 3 rings (SSSR count). The monoisotopic (exact) mass is 281 g/mol. The molecule has 1 aromatic heterocycles. The molecule has 21 heavy (non-hydrogen) atoms. The average molecular weight is 281 g/mol. The molecule has 0 saturated carbocycles. The van der Waals surface area contributed by atoms with Gasteiger partial charge in [0.1, 0.15) is 0 Å². The van der Waals surface area contributed by atoms with Crippen molar-refractivity contribution in [2.24, 2.45) is 5.92 Å². The standard InChI is InChI=1S/C18H23N3/c1-3-15-13-21(18-19-11-14(2)12-20-18)10-9-17(15)16-7-5-4-6-8-16/h4-8,11-12,15,17H,3,9-10,13H2,1-2H3. The Morgan fingerprint density at radius 1 is 1.14 bits per heavy atom. The van der Waals surface area contributed by atoms with Gasteiger partial charge in [0.2, 0.25) is 5.95 Å². The zero-order valence-corrected chi connectivity index (χ0v) is 12.9. The zero-order chi connectivity index (χ0) is 14.7. The minimum atomic E-state index is 0.665. The predicted octanol–water partition coefficient (Wildman–Crippen LogP) is 3.81. The van der Waals surface area contributed by atoms with Crippen LogP contribution < -0.4 is 4.90 Å². The fraction of sp³-hybridized carbons (Fsp3) is 0.444. The second-order valence-corrected chi connectivity index (χ2v) is 5.98. The van der Waals surface area contributed by atoms with E-state index < -0.39 is 0 Å². The Bertz CT molecular complexity index is 565. The number of hydrogen-bond donors (Lipinski definition) is 0. The van der Waals surface area contributed by atoms with E-state index in [-0.39, 0.29) is 0 Å². The fourth-order valence-corrected chi connectivity index (χ4v) is 3.32.